The van der Waals surface area contributed by atoms with Crippen molar-refractivity contribution in [2.24, 2.45) is 11.3 Å². The summed E-state index contributed by atoms with van der Waals surface area (Å²) >= 11 is 7.68. The molecule has 0 aromatic carbocycles. The maximum Gasteiger partial charge on any atom is 0.0931 e. The van der Waals surface area contributed by atoms with E-state index in [4.69, 9.17) is 11.6 Å². The van der Waals surface area contributed by atoms with Gasteiger partial charge in [-0.3, -0.25) is 0 Å². The number of hydrogen-bond acceptors (Lipinski definition) is 3. The number of rotatable bonds is 4. The predicted octanol–water partition coefficient (Wildman–Crippen LogP) is 3.22. The van der Waals surface area contributed by atoms with Gasteiger partial charge in [0, 0.05) is 18.0 Å². The average Bonchev–Trinajstić information content (AvgIpc) is 2.80. The molecule has 1 aromatic rings. The van der Waals surface area contributed by atoms with Crippen LogP contribution in [0.1, 0.15) is 24.1 Å². The van der Waals surface area contributed by atoms with Gasteiger partial charge in [-0.05, 0) is 62.9 Å². The molecule has 1 aliphatic heterocycles. The fourth-order valence-electron chi connectivity index (χ4n) is 3.37. The van der Waals surface area contributed by atoms with Gasteiger partial charge in [-0.15, -0.1) is 11.3 Å². The lowest BCUT2D eigenvalue weighted by molar-refractivity contribution is 0.258. The molecule has 1 spiro atoms. The van der Waals surface area contributed by atoms with Gasteiger partial charge >= 0.3 is 0 Å². The molecule has 2 fully saturated rings. The highest BCUT2D eigenvalue weighted by Crippen LogP contribution is 2.58. The van der Waals surface area contributed by atoms with Crippen molar-refractivity contribution in [1.82, 2.24) is 10.2 Å². The Morgan fingerprint density at radius 3 is 2.89 bits per heavy atom. The van der Waals surface area contributed by atoms with Gasteiger partial charge in [0.15, 0.2) is 0 Å². The zero-order chi connectivity index (χ0) is 12.6. The second kappa shape index (κ2) is 5.12. The highest BCUT2D eigenvalue weighted by molar-refractivity contribution is 7.16. The Balaban J connectivity index is 1.49. The smallest absolute Gasteiger partial charge is 0.0931 e. The number of piperidine rings is 1. The van der Waals surface area contributed by atoms with Gasteiger partial charge in [-0.2, -0.15) is 0 Å². The fourth-order valence-corrected chi connectivity index (χ4v) is 4.54. The third-order valence-electron chi connectivity index (χ3n) is 4.54. The molecule has 1 aromatic heterocycles. The van der Waals surface area contributed by atoms with E-state index >= 15 is 0 Å². The first-order chi connectivity index (χ1) is 8.68. The summed E-state index contributed by atoms with van der Waals surface area (Å²) in [4.78, 5) is 3.84. The van der Waals surface area contributed by atoms with Crippen LogP contribution < -0.4 is 5.32 Å². The van der Waals surface area contributed by atoms with Crippen molar-refractivity contribution >= 4 is 22.9 Å². The second-order valence-electron chi connectivity index (χ2n) is 5.92. The van der Waals surface area contributed by atoms with Gasteiger partial charge in [0.05, 0.1) is 4.34 Å². The maximum absolute atomic E-state index is 5.97. The van der Waals surface area contributed by atoms with Crippen molar-refractivity contribution in [3.05, 3.63) is 21.3 Å². The maximum atomic E-state index is 5.97. The number of nitrogens with zero attached hydrogens (tertiary/aromatic N) is 1. The summed E-state index contributed by atoms with van der Waals surface area (Å²) < 4.78 is 0.902. The summed E-state index contributed by atoms with van der Waals surface area (Å²) in [5.41, 5.74) is 0.701. The summed E-state index contributed by atoms with van der Waals surface area (Å²) in [7, 11) is 2.24. The Kier molecular flexibility index (Phi) is 3.68. The van der Waals surface area contributed by atoms with Crippen LogP contribution in [0, 0.1) is 11.3 Å². The molecule has 1 atom stereocenters. The van der Waals surface area contributed by atoms with E-state index in [0.717, 1.165) is 16.8 Å². The van der Waals surface area contributed by atoms with Crippen molar-refractivity contribution < 1.29 is 0 Å². The second-order valence-corrected chi connectivity index (χ2v) is 7.72. The molecular formula is C14H21ClN2S. The van der Waals surface area contributed by atoms with Crippen molar-refractivity contribution in [3.63, 3.8) is 0 Å². The minimum Gasteiger partial charge on any atom is -0.317 e. The van der Waals surface area contributed by atoms with Crippen molar-refractivity contribution in [2.45, 2.75) is 25.8 Å². The van der Waals surface area contributed by atoms with Crippen molar-refractivity contribution in [2.75, 3.05) is 26.7 Å². The molecule has 1 aliphatic carbocycles. The molecule has 0 bridgehead atoms. The largest absolute Gasteiger partial charge is 0.317 e. The first kappa shape index (κ1) is 12.9. The highest BCUT2D eigenvalue weighted by atomic mass is 35.5. The average molecular weight is 285 g/mol. The molecule has 2 nitrogen and oxygen atoms in total. The summed E-state index contributed by atoms with van der Waals surface area (Å²) in [6, 6.07) is 4.15. The van der Waals surface area contributed by atoms with Crippen LogP contribution in [-0.2, 0) is 6.54 Å². The van der Waals surface area contributed by atoms with Crippen LogP contribution in [0.2, 0.25) is 4.34 Å². The quantitative estimate of drug-likeness (QED) is 0.913. The van der Waals surface area contributed by atoms with Gasteiger partial charge in [0.25, 0.3) is 0 Å². The topological polar surface area (TPSA) is 15.3 Å². The summed E-state index contributed by atoms with van der Waals surface area (Å²) in [6.45, 7) is 4.74. The fraction of sp³-hybridized carbons (Fsp3) is 0.714. The molecule has 4 heteroatoms. The number of hydrogen-bond donors (Lipinski definition) is 1. The molecule has 1 N–H and O–H groups in total. The summed E-state index contributed by atoms with van der Waals surface area (Å²) in [5.74, 6) is 0.931. The first-order valence-corrected chi connectivity index (χ1v) is 8.01. The molecular weight excluding hydrogens is 264 g/mol. The molecule has 1 unspecified atom stereocenters. The van der Waals surface area contributed by atoms with Gasteiger partial charge in [-0.25, -0.2) is 0 Å². The SMILES string of the molecule is CN(Cc1ccc(Cl)s1)CC1CC12CCNCC2. The standard InChI is InChI=1S/C14H21ClN2S/c1-17(10-12-2-3-13(15)18-12)9-11-8-14(11)4-6-16-7-5-14/h2-3,11,16H,4-10H2,1H3. The molecule has 0 amide bonds. The van der Waals surface area contributed by atoms with E-state index in [0.29, 0.717) is 5.41 Å². The van der Waals surface area contributed by atoms with Crippen LogP contribution in [-0.4, -0.2) is 31.6 Å². The van der Waals surface area contributed by atoms with Crippen LogP contribution in [0.15, 0.2) is 12.1 Å². The van der Waals surface area contributed by atoms with E-state index in [-0.39, 0.29) is 0 Å². The Morgan fingerprint density at radius 2 is 2.22 bits per heavy atom. The minimum atomic E-state index is 0.701. The van der Waals surface area contributed by atoms with E-state index in [1.54, 1.807) is 11.3 Å². The third kappa shape index (κ3) is 2.74. The molecule has 1 saturated carbocycles. The Labute approximate surface area is 118 Å². The van der Waals surface area contributed by atoms with Crippen LogP contribution in [0.4, 0.5) is 0 Å². The van der Waals surface area contributed by atoms with Crippen molar-refractivity contribution in [1.29, 1.82) is 0 Å². The van der Waals surface area contributed by atoms with Crippen LogP contribution >= 0.6 is 22.9 Å². The van der Waals surface area contributed by atoms with Crippen molar-refractivity contribution in [3.8, 4) is 0 Å². The lowest BCUT2D eigenvalue weighted by Crippen LogP contribution is -2.31. The number of thiophene rings is 1. The number of halogens is 1. The molecule has 100 valence electrons. The van der Waals surface area contributed by atoms with E-state index < -0.39 is 0 Å². The predicted molar refractivity (Wildman–Crippen MR) is 78.3 cm³/mol. The van der Waals surface area contributed by atoms with E-state index in [9.17, 15) is 0 Å². The van der Waals surface area contributed by atoms with Gasteiger partial charge in [0.1, 0.15) is 0 Å². The monoisotopic (exact) mass is 284 g/mol. The Morgan fingerprint density at radius 1 is 1.44 bits per heavy atom. The summed E-state index contributed by atoms with van der Waals surface area (Å²) in [6.07, 6.45) is 4.22. The van der Waals surface area contributed by atoms with Crippen LogP contribution in [0.3, 0.4) is 0 Å². The molecule has 0 radical (unpaired) electrons. The zero-order valence-corrected chi connectivity index (χ0v) is 12.5. The van der Waals surface area contributed by atoms with E-state index in [2.05, 4.69) is 23.3 Å². The Bertz CT molecular complexity index is 412. The molecule has 1 saturated heterocycles. The van der Waals surface area contributed by atoms with Gasteiger partial charge in [-0.1, -0.05) is 11.6 Å². The van der Waals surface area contributed by atoms with Crippen LogP contribution in [0.5, 0.6) is 0 Å². The number of nitrogens with one attached hydrogen (secondary N) is 1. The zero-order valence-electron chi connectivity index (χ0n) is 10.9. The molecule has 18 heavy (non-hydrogen) atoms. The Hall–Kier alpha value is -0.0900. The summed E-state index contributed by atoms with van der Waals surface area (Å²) in [5, 5.41) is 3.47. The van der Waals surface area contributed by atoms with Gasteiger partial charge in [0.2, 0.25) is 0 Å². The van der Waals surface area contributed by atoms with Gasteiger partial charge < -0.3 is 10.2 Å². The third-order valence-corrected chi connectivity index (χ3v) is 5.76. The van der Waals surface area contributed by atoms with E-state index in [1.807, 2.05) is 6.07 Å². The molecule has 2 aliphatic rings. The van der Waals surface area contributed by atoms with Crippen LogP contribution in [0.25, 0.3) is 0 Å². The molecule has 3 rings (SSSR count). The normalized spacial score (nSPS) is 25.8. The lowest BCUT2D eigenvalue weighted by atomic mass is 9.92. The highest BCUT2D eigenvalue weighted by Gasteiger charge is 2.53. The lowest BCUT2D eigenvalue weighted by Gasteiger charge is -2.25. The minimum absolute atomic E-state index is 0.701. The van der Waals surface area contributed by atoms with E-state index in [1.165, 1.54) is 43.8 Å². The molecule has 2 heterocycles. The first-order valence-electron chi connectivity index (χ1n) is 6.81.